The molecule has 9 heteroatoms. The lowest BCUT2D eigenvalue weighted by molar-refractivity contribution is 0.0384. The number of carbonyl (C=O) groups excluding carboxylic acids is 2. The van der Waals surface area contributed by atoms with Crippen LogP contribution in [0.2, 0.25) is 0 Å². The van der Waals surface area contributed by atoms with Gasteiger partial charge >= 0.3 is 0 Å². The number of rotatable bonds is 10. The molecule has 204 valence electrons. The summed E-state index contributed by atoms with van der Waals surface area (Å²) in [5.41, 5.74) is 8.02. The lowest BCUT2D eigenvalue weighted by Gasteiger charge is -2.26. The lowest BCUT2D eigenvalue weighted by Crippen LogP contribution is -2.40. The Labute approximate surface area is 237 Å². The molecule has 4 rings (SSSR count). The van der Waals surface area contributed by atoms with E-state index in [-0.39, 0.29) is 5.91 Å². The minimum Gasteiger partial charge on any atom is -0.379 e. The van der Waals surface area contributed by atoms with E-state index in [0.717, 1.165) is 56.1 Å². The Morgan fingerprint density at radius 1 is 1.00 bits per heavy atom. The standard InChI is InChI=1S/C30H34BrN5O3/c1-21-6-7-24(16-22(21)2)20-33-35-30(38)27-18-26(31)8-9-28(27)34-29(37)25-5-3-4-23(17-25)19-32-10-11-36-12-14-39-15-13-36/h3-9,16-18,20,32H,10-15,19H2,1-2H3,(H,34,37)(H,35,38)/b33-20+. The van der Waals surface area contributed by atoms with Crippen LogP contribution in [0.25, 0.3) is 0 Å². The number of morpholine rings is 1. The first-order chi connectivity index (χ1) is 18.9. The highest BCUT2D eigenvalue weighted by Crippen LogP contribution is 2.22. The third kappa shape index (κ3) is 8.56. The first-order valence-corrected chi connectivity index (χ1v) is 13.8. The van der Waals surface area contributed by atoms with Crippen molar-refractivity contribution in [3.05, 3.63) is 98.5 Å². The van der Waals surface area contributed by atoms with Crippen LogP contribution >= 0.6 is 15.9 Å². The third-order valence-electron chi connectivity index (χ3n) is 6.61. The highest BCUT2D eigenvalue weighted by Gasteiger charge is 2.15. The highest BCUT2D eigenvalue weighted by atomic mass is 79.9. The highest BCUT2D eigenvalue weighted by molar-refractivity contribution is 9.10. The van der Waals surface area contributed by atoms with Gasteiger partial charge in [0.05, 0.1) is 30.7 Å². The molecule has 0 aliphatic carbocycles. The molecule has 3 aromatic rings. The SMILES string of the molecule is Cc1ccc(/C=N/NC(=O)c2cc(Br)ccc2NC(=O)c2cccc(CNCCN3CCOCC3)c2)cc1C. The fraction of sp³-hybridized carbons (Fsp3) is 0.300. The van der Waals surface area contributed by atoms with Gasteiger partial charge in [0.15, 0.2) is 0 Å². The molecule has 1 aliphatic heterocycles. The summed E-state index contributed by atoms with van der Waals surface area (Å²) in [5, 5.41) is 10.4. The molecule has 1 aliphatic rings. The van der Waals surface area contributed by atoms with Crippen LogP contribution in [0.5, 0.6) is 0 Å². The molecular formula is C30H34BrN5O3. The number of hydrogen-bond acceptors (Lipinski definition) is 6. The molecule has 0 atom stereocenters. The number of anilines is 1. The summed E-state index contributed by atoms with van der Waals surface area (Å²) in [6, 6.07) is 18.6. The molecule has 8 nitrogen and oxygen atoms in total. The zero-order chi connectivity index (χ0) is 27.6. The zero-order valence-corrected chi connectivity index (χ0v) is 23.9. The molecule has 0 radical (unpaired) electrons. The minimum atomic E-state index is -0.426. The number of halogens is 1. The van der Waals surface area contributed by atoms with Gasteiger partial charge in [0.2, 0.25) is 0 Å². The van der Waals surface area contributed by atoms with Crippen LogP contribution in [0.1, 0.15) is 43.0 Å². The van der Waals surface area contributed by atoms with Crippen molar-refractivity contribution in [2.45, 2.75) is 20.4 Å². The molecular weight excluding hydrogens is 558 g/mol. The van der Waals surface area contributed by atoms with Crippen molar-refractivity contribution >= 4 is 39.6 Å². The van der Waals surface area contributed by atoms with Crippen LogP contribution in [0.3, 0.4) is 0 Å². The number of aryl methyl sites for hydroxylation is 2. The predicted molar refractivity (Wildman–Crippen MR) is 158 cm³/mol. The van der Waals surface area contributed by atoms with Crippen LogP contribution < -0.4 is 16.1 Å². The van der Waals surface area contributed by atoms with Crippen LogP contribution in [0, 0.1) is 13.8 Å². The quantitative estimate of drug-likeness (QED) is 0.183. The smallest absolute Gasteiger partial charge is 0.273 e. The summed E-state index contributed by atoms with van der Waals surface area (Å²) in [7, 11) is 0. The molecule has 0 bridgehead atoms. The lowest BCUT2D eigenvalue weighted by atomic mass is 10.1. The van der Waals surface area contributed by atoms with E-state index in [1.807, 2.05) is 50.2 Å². The van der Waals surface area contributed by atoms with Gasteiger partial charge in [-0.25, -0.2) is 5.43 Å². The molecule has 3 N–H and O–H groups in total. The normalized spacial score (nSPS) is 13.9. The molecule has 1 fully saturated rings. The molecule has 0 spiro atoms. The van der Waals surface area contributed by atoms with Gasteiger partial charge in [0.25, 0.3) is 11.8 Å². The number of amides is 2. The van der Waals surface area contributed by atoms with Gasteiger partial charge in [-0.3, -0.25) is 14.5 Å². The van der Waals surface area contributed by atoms with E-state index in [9.17, 15) is 9.59 Å². The van der Waals surface area contributed by atoms with E-state index in [2.05, 4.69) is 42.0 Å². The van der Waals surface area contributed by atoms with E-state index in [0.29, 0.717) is 27.8 Å². The summed E-state index contributed by atoms with van der Waals surface area (Å²) >= 11 is 3.41. The van der Waals surface area contributed by atoms with E-state index in [1.54, 1.807) is 30.5 Å². The van der Waals surface area contributed by atoms with E-state index >= 15 is 0 Å². The summed E-state index contributed by atoms with van der Waals surface area (Å²) in [6.07, 6.45) is 1.60. The number of carbonyl (C=O) groups is 2. The largest absolute Gasteiger partial charge is 0.379 e. The summed E-state index contributed by atoms with van der Waals surface area (Å²) in [5.74, 6) is -0.718. The first-order valence-electron chi connectivity index (χ1n) is 13.0. The topological polar surface area (TPSA) is 95.1 Å². The number of nitrogens with zero attached hydrogens (tertiary/aromatic N) is 2. The van der Waals surface area contributed by atoms with Gasteiger partial charge in [-0.05, 0) is 66.4 Å². The summed E-state index contributed by atoms with van der Waals surface area (Å²) < 4.78 is 6.11. The van der Waals surface area contributed by atoms with E-state index in [1.165, 1.54) is 5.56 Å². The van der Waals surface area contributed by atoms with Crippen LogP contribution in [-0.4, -0.2) is 62.3 Å². The van der Waals surface area contributed by atoms with Crippen molar-refractivity contribution in [2.75, 3.05) is 44.7 Å². The van der Waals surface area contributed by atoms with Crippen molar-refractivity contribution in [3.63, 3.8) is 0 Å². The Hall–Kier alpha value is -3.37. The van der Waals surface area contributed by atoms with Crippen molar-refractivity contribution < 1.29 is 14.3 Å². The van der Waals surface area contributed by atoms with E-state index < -0.39 is 5.91 Å². The van der Waals surface area contributed by atoms with Crippen molar-refractivity contribution in [1.29, 1.82) is 0 Å². The second-order valence-corrected chi connectivity index (χ2v) is 10.4. The zero-order valence-electron chi connectivity index (χ0n) is 22.3. The van der Waals surface area contributed by atoms with Gasteiger partial charge in [-0.15, -0.1) is 0 Å². The molecule has 0 saturated carbocycles. The average molecular weight is 593 g/mol. The number of hydrogen-bond donors (Lipinski definition) is 3. The fourth-order valence-electron chi connectivity index (χ4n) is 4.20. The number of benzene rings is 3. The molecule has 0 aromatic heterocycles. The third-order valence-corrected chi connectivity index (χ3v) is 7.11. The second kappa shape index (κ2) is 14.1. The molecule has 1 heterocycles. The molecule has 3 aromatic carbocycles. The average Bonchev–Trinajstić information content (AvgIpc) is 2.94. The van der Waals surface area contributed by atoms with Crippen LogP contribution in [0.15, 0.2) is 70.2 Å². The van der Waals surface area contributed by atoms with Crippen molar-refractivity contribution in [1.82, 2.24) is 15.6 Å². The van der Waals surface area contributed by atoms with Gasteiger partial charge in [0, 0.05) is 42.8 Å². The Kier molecular flexibility index (Phi) is 10.4. The van der Waals surface area contributed by atoms with Gasteiger partial charge in [0.1, 0.15) is 0 Å². The van der Waals surface area contributed by atoms with E-state index in [4.69, 9.17) is 4.74 Å². The van der Waals surface area contributed by atoms with Crippen molar-refractivity contribution in [2.24, 2.45) is 5.10 Å². The minimum absolute atomic E-state index is 0.292. The maximum Gasteiger partial charge on any atom is 0.273 e. The second-order valence-electron chi connectivity index (χ2n) is 9.52. The fourth-order valence-corrected chi connectivity index (χ4v) is 4.56. The first kappa shape index (κ1) is 28.6. The Balaban J connectivity index is 1.35. The maximum absolute atomic E-state index is 13.1. The number of ether oxygens (including phenoxy) is 1. The predicted octanol–water partition coefficient (Wildman–Crippen LogP) is 4.50. The van der Waals surface area contributed by atoms with Crippen molar-refractivity contribution in [3.8, 4) is 0 Å². The van der Waals surface area contributed by atoms with Gasteiger partial charge < -0.3 is 15.4 Å². The number of hydrazone groups is 1. The summed E-state index contributed by atoms with van der Waals surface area (Å²) in [6.45, 7) is 10.1. The van der Waals surface area contributed by atoms with Crippen LogP contribution in [0.4, 0.5) is 5.69 Å². The molecule has 2 amide bonds. The summed E-state index contributed by atoms with van der Waals surface area (Å²) in [4.78, 5) is 28.4. The van der Waals surface area contributed by atoms with Gasteiger partial charge in [-0.1, -0.05) is 46.3 Å². The monoisotopic (exact) mass is 591 g/mol. The Bertz CT molecular complexity index is 1340. The molecule has 1 saturated heterocycles. The number of nitrogens with one attached hydrogen (secondary N) is 3. The maximum atomic E-state index is 13.1. The van der Waals surface area contributed by atoms with Crippen LogP contribution in [-0.2, 0) is 11.3 Å². The molecule has 39 heavy (non-hydrogen) atoms. The Morgan fingerprint density at radius 2 is 1.82 bits per heavy atom. The van der Waals surface area contributed by atoms with Gasteiger partial charge in [-0.2, -0.15) is 5.10 Å². The Morgan fingerprint density at radius 3 is 2.62 bits per heavy atom. The molecule has 0 unspecified atom stereocenters.